The fourth-order valence-electron chi connectivity index (χ4n) is 2.34. The Morgan fingerprint density at radius 2 is 1.88 bits per heavy atom. The lowest BCUT2D eigenvalue weighted by Gasteiger charge is -2.33. The van der Waals surface area contributed by atoms with E-state index in [1.54, 1.807) is 4.90 Å². The van der Waals surface area contributed by atoms with Crippen molar-refractivity contribution in [3.8, 4) is 0 Å². The summed E-state index contributed by atoms with van der Waals surface area (Å²) in [6.07, 6.45) is 2.31. The standard InChI is InChI=1S/C12H22N2O2S/c1-4-12(5-2)10(15)13-11(16)14(12)8-7-9-17-6-3/h4-9H2,1-3H3,(H,13,15,16). The van der Waals surface area contributed by atoms with Crippen LogP contribution in [-0.2, 0) is 4.79 Å². The number of amides is 3. The van der Waals surface area contributed by atoms with Crippen molar-refractivity contribution in [1.29, 1.82) is 0 Å². The van der Waals surface area contributed by atoms with E-state index in [4.69, 9.17) is 0 Å². The Morgan fingerprint density at radius 3 is 2.41 bits per heavy atom. The molecular weight excluding hydrogens is 236 g/mol. The lowest BCUT2D eigenvalue weighted by Crippen LogP contribution is -2.49. The number of nitrogens with zero attached hydrogens (tertiary/aromatic N) is 1. The number of hydrogen-bond donors (Lipinski definition) is 1. The van der Waals surface area contributed by atoms with Crippen LogP contribution in [0.1, 0.15) is 40.0 Å². The van der Waals surface area contributed by atoms with Crippen LogP contribution in [-0.4, -0.2) is 40.4 Å². The first kappa shape index (κ1) is 14.4. The summed E-state index contributed by atoms with van der Waals surface area (Å²) in [6.45, 7) is 6.73. The van der Waals surface area contributed by atoms with Gasteiger partial charge in [0, 0.05) is 6.54 Å². The fourth-order valence-corrected chi connectivity index (χ4v) is 2.96. The number of thioether (sulfide) groups is 1. The quantitative estimate of drug-likeness (QED) is 0.563. The van der Waals surface area contributed by atoms with Gasteiger partial charge in [-0.3, -0.25) is 10.1 Å². The van der Waals surface area contributed by atoms with Gasteiger partial charge < -0.3 is 4.90 Å². The fraction of sp³-hybridized carbons (Fsp3) is 0.833. The van der Waals surface area contributed by atoms with Crippen molar-refractivity contribution in [2.45, 2.75) is 45.6 Å². The number of urea groups is 1. The molecule has 1 aliphatic rings. The van der Waals surface area contributed by atoms with E-state index in [9.17, 15) is 9.59 Å². The van der Waals surface area contributed by atoms with E-state index in [0.717, 1.165) is 17.9 Å². The summed E-state index contributed by atoms with van der Waals surface area (Å²) in [6, 6.07) is -0.222. The molecule has 4 nitrogen and oxygen atoms in total. The van der Waals surface area contributed by atoms with Crippen molar-refractivity contribution in [1.82, 2.24) is 10.2 Å². The number of rotatable bonds is 7. The molecule has 3 amide bonds. The van der Waals surface area contributed by atoms with Crippen LogP contribution in [0.25, 0.3) is 0 Å². The summed E-state index contributed by atoms with van der Waals surface area (Å²) in [5.41, 5.74) is -0.603. The van der Waals surface area contributed by atoms with Gasteiger partial charge >= 0.3 is 6.03 Å². The maximum atomic E-state index is 11.9. The molecule has 0 aromatic heterocycles. The molecule has 0 atom stereocenters. The molecule has 1 aliphatic heterocycles. The van der Waals surface area contributed by atoms with Gasteiger partial charge in [0.1, 0.15) is 5.54 Å². The second kappa shape index (κ2) is 6.28. The van der Waals surface area contributed by atoms with Gasteiger partial charge in [-0.2, -0.15) is 11.8 Å². The Labute approximate surface area is 108 Å². The van der Waals surface area contributed by atoms with Gasteiger partial charge in [0.15, 0.2) is 0 Å². The minimum atomic E-state index is -0.603. The Kier molecular flexibility index (Phi) is 5.31. The van der Waals surface area contributed by atoms with Crippen LogP contribution in [0, 0.1) is 0 Å². The molecule has 1 fully saturated rings. The zero-order valence-electron chi connectivity index (χ0n) is 10.9. The normalized spacial score (nSPS) is 18.6. The molecule has 0 aromatic carbocycles. The average Bonchev–Trinajstić information content (AvgIpc) is 2.56. The van der Waals surface area contributed by atoms with Crippen LogP contribution >= 0.6 is 11.8 Å². The molecule has 98 valence electrons. The SMILES string of the molecule is CCSCCCN1C(=O)NC(=O)C1(CC)CC. The molecule has 1 heterocycles. The van der Waals surface area contributed by atoms with E-state index >= 15 is 0 Å². The third kappa shape index (κ3) is 2.76. The molecule has 0 unspecified atom stereocenters. The van der Waals surface area contributed by atoms with Gasteiger partial charge in [0.05, 0.1) is 0 Å². The average molecular weight is 258 g/mol. The minimum Gasteiger partial charge on any atom is -0.310 e. The first-order valence-corrected chi connectivity index (χ1v) is 7.48. The maximum absolute atomic E-state index is 11.9. The molecular formula is C12H22N2O2S. The summed E-state index contributed by atoms with van der Waals surface area (Å²) in [4.78, 5) is 25.4. The number of nitrogens with one attached hydrogen (secondary N) is 1. The number of carbonyl (C=O) groups excluding carboxylic acids is 2. The number of imide groups is 1. The van der Waals surface area contributed by atoms with Crippen molar-refractivity contribution >= 4 is 23.7 Å². The molecule has 0 aromatic rings. The van der Waals surface area contributed by atoms with Gasteiger partial charge in [-0.05, 0) is 30.8 Å². The number of hydrogen-bond acceptors (Lipinski definition) is 3. The predicted molar refractivity (Wildman–Crippen MR) is 71.2 cm³/mol. The Balaban J connectivity index is 2.66. The molecule has 17 heavy (non-hydrogen) atoms. The van der Waals surface area contributed by atoms with E-state index in [1.165, 1.54) is 0 Å². The summed E-state index contributed by atoms with van der Waals surface area (Å²) in [5, 5.41) is 2.44. The summed E-state index contributed by atoms with van der Waals surface area (Å²) >= 11 is 1.87. The third-order valence-corrected chi connectivity index (χ3v) is 4.43. The molecule has 0 spiro atoms. The van der Waals surface area contributed by atoms with E-state index in [-0.39, 0.29) is 11.9 Å². The molecule has 0 bridgehead atoms. The highest BCUT2D eigenvalue weighted by atomic mass is 32.2. The summed E-state index contributed by atoms with van der Waals surface area (Å²) in [7, 11) is 0. The second-order valence-corrected chi connectivity index (χ2v) is 5.59. The van der Waals surface area contributed by atoms with E-state index in [2.05, 4.69) is 12.2 Å². The monoisotopic (exact) mass is 258 g/mol. The van der Waals surface area contributed by atoms with Crippen LogP contribution in [0.15, 0.2) is 0 Å². The zero-order valence-corrected chi connectivity index (χ0v) is 11.7. The van der Waals surface area contributed by atoms with Crippen LogP contribution < -0.4 is 5.32 Å². The second-order valence-electron chi connectivity index (χ2n) is 4.20. The summed E-state index contributed by atoms with van der Waals surface area (Å²) in [5.74, 6) is 2.01. The van der Waals surface area contributed by atoms with Gasteiger partial charge in [0.25, 0.3) is 5.91 Å². The molecule has 0 saturated carbocycles. The van der Waals surface area contributed by atoms with Gasteiger partial charge in [-0.1, -0.05) is 20.8 Å². The smallest absolute Gasteiger partial charge is 0.310 e. The Hall–Kier alpha value is -0.710. The Morgan fingerprint density at radius 1 is 1.24 bits per heavy atom. The van der Waals surface area contributed by atoms with Crippen molar-refractivity contribution < 1.29 is 9.59 Å². The van der Waals surface area contributed by atoms with E-state index in [1.807, 2.05) is 25.6 Å². The van der Waals surface area contributed by atoms with Crippen LogP contribution in [0.3, 0.4) is 0 Å². The van der Waals surface area contributed by atoms with Crippen molar-refractivity contribution in [3.63, 3.8) is 0 Å². The molecule has 1 saturated heterocycles. The van der Waals surface area contributed by atoms with E-state index in [0.29, 0.717) is 19.4 Å². The summed E-state index contributed by atoms with van der Waals surface area (Å²) < 4.78 is 0. The highest BCUT2D eigenvalue weighted by molar-refractivity contribution is 7.99. The minimum absolute atomic E-state index is 0.129. The van der Waals surface area contributed by atoms with Crippen molar-refractivity contribution in [3.05, 3.63) is 0 Å². The van der Waals surface area contributed by atoms with Crippen LogP contribution in [0.4, 0.5) is 4.79 Å². The van der Waals surface area contributed by atoms with Crippen LogP contribution in [0.5, 0.6) is 0 Å². The lowest BCUT2D eigenvalue weighted by atomic mass is 9.91. The predicted octanol–water partition coefficient (Wildman–Crippen LogP) is 2.24. The highest BCUT2D eigenvalue weighted by Gasteiger charge is 2.49. The van der Waals surface area contributed by atoms with Gasteiger partial charge in [-0.15, -0.1) is 0 Å². The van der Waals surface area contributed by atoms with E-state index < -0.39 is 5.54 Å². The van der Waals surface area contributed by atoms with Crippen LogP contribution in [0.2, 0.25) is 0 Å². The lowest BCUT2D eigenvalue weighted by molar-refractivity contribution is -0.127. The molecule has 0 aliphatic carbocycles. The molecule has 1 N–H and O–H groups in total. The third-order valence-electron chi connectivity index (χ3n) is 3.45. The topological polar surface area (TPSA) is 49.4 Å². The first-order valence-electron chi connectivity index (χ1n) is 6.33. The van der Waals surface area contributed by atoms with Gasteiger partial charge in [-0.25, -0.2) is 4.79 Å². The molecule has 0 radical (unpaired) electrons. The highest BCUT2D eigenvalue weighted by Crippen LogP contribution is 2.29. The molecule has 1 rings (SSSR count). The zero-order chi connectivity index (χ0) is 12.9. The molecule has 5 heteroatoms. The van der Waals surface area contributed by atoms with Gasteiger partial charge in [0.2, 0.25) is 0 Å². The van der Waals surface area contributed by atoms with Crippen molar-refractivity contribution in [2.75, 3.05) is 18.1 Å². The first-order chi connectivity index (χ1) is 8.12. The maximum Gasteiger partial charge on any atom is 0.325 e. The largest absolute Gasteiger partial charge is 0.325 e. The number of carbonyl (C=O) groups is 2. The van der Waals surface area contributed by atoms with Crippen molar-refractivity contribution in [2.24, 2.45) is 0 Å². The Bertz CT molecular complexity index is 290.